The summed E-state index contributed by atoms with van der Waals surface area (Å²) >= 11 is 0. The summed E-state index contributed by atoms with van der Waals surface area (Å²) in [5.41, 5.74) is 1.22. The summed E-state index contributed by atoms with van der Waals surface area (Å²) in [5.74, 6) is 0. The van der Waals surface area contributed by atoms with Gasteiger partial charge in [0.2, 0.25) is 0 Å². The van der Waals surface area contributed by atoms with Crippen LogP contribution in [0.2, 0.25) is 0 Å². The molecule has 0 aromatic heterocycles. The zero-order chi connectivity index (χ0) is 6.69. The van der Waals surface area contributed by atoms with Gasteiger partial charge in [0.05, 0.1) is 0 Å². The van der Waals surface area contributed by atoms with Crippen molar-refractivity contribution in [1.29, 1.82) is 0 Å². The normalized spacial score (nSPS) is 7.45. The molecule has 1 nitrogen and oxygen atoms in total. The predicted octanol–water partition coefficient (Wildman–Crippen LogP) is -1.82. The Kier molecular flexibility index (Phi) is 8.73. The largest absolute Gasteiger partial charge is 2.00 e. The molecule has 0 N–H and O–H groups in total. The van der Waals surface area contributed by atoms with Crippen LogP contribution in [0, 0.1) is 6.07 Å². The first-order valence-corrected chi connectivity index (χ1v) is 2.94. The molecule has 0 aliphatic carbocycles. The molecular weight excluding hydrogens is 214 g/mol. The number of halogens is 1. The van der Waals surface area contributed by atoms with Crippen molar-refractivity contribution >= 4 is 28.7 Å². The SMILES string of the molecule is CN(C)c1cc[c-]cc1.[Br-].[Mg+2]. The first-order chi connectivity index (χ1) is 4.30. The predicted molar refractivity (Wildman–Crippen MR) is 45.4 cm³/mol. The van der Waals surface area contributed by atoms with Crippen LogP contribution in [0.4, 0.5) is 5.69 Å². The fourth-order valence-electron chi connectivity index (χ4n) is 0.676. The van der Waals surface area contributed by atoms with Gasteiger partial charge in [0.1, 0.15) is 0 Å². The van der Waals surface area contributed by atoms with E-state index in [-0.39, 0.29) is 40.0 Å². The summed E-state index contributed by atoms with van der Waals surface area (Å²) in [6.07, 6.45) is 0. The van der Waals surface area contributed by atoms with Crippen molar-refractivity contribution in [2.24, 2.45) is 0 Å². The van der Waals surface area contributed by atoms with Crippen LogP contribution >= 0.6 is 0 Å². The Bertz CT molecular complexity index is 177. The van der Waals surface area contributed by atoms with Gasteiger partial charge in [0.25, 0.3) is 0 Å². The van der Waals surface area contributed by atoms with E-state index < -0.39 is 0 Å². The summed E-state index contributed by atoms with van der Waals surface area (Å²) in [6, 6.07) is 10.8. The van der Waals surface area contributed by atoms with Gasteiger partial charge in [-0.3, -0.25) is 0 Å². The molecule has 0 unspecified atom stereocenters. The number of benzene rings is 1. The minimum atomic E-state index is 0. The van der Waals surface area contributed by atoms with Crippen molar-refractivity contribution < 1.29 is 17.0 Å². The second-order valence-electron chi connectivity index (χ2n) is 2.15. The van der Waals surface area contributed by atoms with Crippen LogP contribution in [0.15, 0.2) is 24.3 Å². The maximum absolute atomic E-state index is 2.96. The Hall–Kier alpha value is 0.266. The van der Waals surface area contributed by atoms with Crippen molar-refractivity contribution in [3.05, 3.63) is 30.3 Å². The van der Waals surface area contributed by atoms with Crippen LogP contribution in [0.25, 0.3) is 0 Å². The molecule has 0 saturated carbocycles. The van der Waals surface area contributed by atoms with Crippen molar-refractivity contribution in [3.63, 3.8) is 0 Å². The van der Waals surface area contributed by atoms with Gasteiger partial charge in [-0.2, -0.15) is 18.2 Å². The molecule has 0 aliphatic rings. The zero-order valence-electron chi connectivity index (χ0n) is 6.84. The van der Waals surface area contributed by atoms with E-state index in [1.165, 1.54) is 5.69 Å². The van der Waals surface area contributed by atoms with E-state index in [1.54, 1.807) is 0 Å². The maximum atomic E-state index is 2.96. The summed E-state index contributed by atoms with van der Waals surface area (Å²) in [5, 5.41) is 0. The molecule has 3 heteroatoms. The Morgan fingerprint density at radius 1 is 1.18 bits per heavy atom. The van der Waals surface area contributed by atoms with Crippen LogP contribution in [0.3, 0.4) is 0 Å². The van der Waals surface area contributed by atoms with Crippen molar-refractivity contribution in [2.45, 2.75) is 0 Å². The molecular formula is C8H10BrMgN. The summed E-state index contributed by atoms with van der Waals surface area (Å²) in [4.78, 5) is 2.06. The molecule has 0 heterocycles. The minimum Gasteiger partial charge on any atom is -1.00 e. The maximum Gasteiger partial charge on any atom is 2.00 e. The first kappa shape index (κ1) is 13.8. The van der Waals surface area contributed by atoms with Crippen molar-refractivity contribution in [3.8, 4) is 0 Å². The molecule has 0 fully saturated rings. The molecule has 1 aromatic rings. The minimum absolute atomic E-state index is 0. The smallest absolute Gasteiger partial charge is 1.00 e. The first-order valence-electron chi connectivity index (χ1n) is 2.94. The van der Waals surface area contributed by atoms with Crippen LogP contribution < -0.4 is 21.9 Å². The van der Waals surface area contributed by atoms with E-state index in [4.69, 9.17) is 0 Å². The average Bonchev–Trinajstić information content (AvgIpc) is 1.90. The van der Waals surface area contributed by atoms with Crippen LogP contribution in [0.1, 0.15) is 0 Å². The number of nitrogens with zero attached hydrogens (tertiary/aromatic N) is 1. The monoisotopic (exact) mass is 223 g/mol. The van der Waals surface area contributed by atoms with E-state index >= 15 is 0 Å². The van der Waals surface area contributed by atoms with E-state index in [1.807, 2.05) is 38.4 Å². The molecule has 0 saturated heterocycles. The molecule has 0 amide bonds. The van der Waals surface area contributed by atoms with Gasteiger partial charge in [0, 0.05) is 14.1 Å². The standard InChI is InChI=1S/C8H10N.BrH.Mg/c1-9(2)8-6-4-3-5-7-8;;/h4-7H,1-2H3;1H;/q-1;;+2/p-1. The van der Waals surface area contributed by atoms with Gasteiger partial charge in [-0.15, -0.1) is 12.1 Å². The van der Waals surface area contributed by atoms with Gasteiger partial charge in [-0.25, -0.2) is 0 Å². The van der Waals surface area contributed by atoms with Crippen LogP contribution in [-0.4, -0.2) is 37.1 Å². The topological polar surface area (TPSA) is 3.24 Å². The summed E-state index contributed by atoms with van der Waals surface area (Å²) in [7, 11) is 4.05. The molecule has 0 aliphatic heterocycles. The number of anilines is 1. The number of rotatable bonds is 1. The van der Waals surface area contributed by atoms with E-state index in [0.29, 0.717) is 0 Å². The van der Waals surface area contributed by atoms with E-state index in [2.05, 4.69) is 11.0 Å². The molecule has 11 heavy (non-hydrogen) atoms. The molecule has 0 radical (unpaired) electrons. The van der Waals surface area contributed by atoms with Gasteiger partial charge < -0.3 is 21.9 Å². The molecule has 56 valence electrons. The molecule has 1 rings (SSSR count). The Morgan fingerprint density at radius 2 is 1.64 bits per heavy atom. The number of hydrogen-bond acceptors (Lipinski definition) is 1. The van der Waals surface area contributed by atoms with Crippen molar-refractivity contribution in [2.75, 3.05) is 19.0 Å². The third kappa shape index (κ3) is 4.66. The van der Waals surface area contributed by atoms with E-state index in [9.17, 15) is 0 Å². The van der Waals surface area contributed by atoms with Gasteiger partial charge in [-0.1, -0.05) is 5.69 Å². The average molecular weight is 224 g/mol. The van der Waals surface area contributed by atoms with Crippen LogP contribution in [-0.2, 0) is 0 Å². The van der Waals surface area contributed by atoms with Crippen molar-refractivity contribution in [1.82, 2.24) is 0 Å². The number of hydrogen-bond donors (Lipinski definition) is 0. The second-order valence-corrected chi connectivity index (χ2v) is 2.15. The fourth-order valence-corrected chi connectivity index (χ4v) is 0.676. The van der Waals surface area contributed by atoms with E-state index in [0.717, 1.165) is 0 Å². The van der Waals surface area contributed by atoms with Gasteiger partial charge in [0.15, 0.2) is 0 Å². The van der Waals surface area contributed by atoms with Crippen LogP contribution in [0.5, 0.6) is 0 Å². The Morgan fingerprint density at radius 3 is 1.91 bits per heavy atom. The zero-order valence-corrected chi connectivity index (χ0v) is 9.84. The van der Waals surface area contributed by atoms with Gasteiger partial charge >= 0.3 is 23.1 Å². The second kappa shape index (κ2) is 6.94. The summed E-state index contributed by atoms with van der Waals surface area (Å²) < 4.78 is 0. The molecule has 0 spiro atoms. The fraction of sp³-hybridized carbons (Fsp3) is 0.250. The van der Waals surface area contributed by atoms with Gasteiger partial charge in [-0.05, 0) is 0 Å². The third-order valence-electron chi connectivity index (χ3n) is 1.22. The molecule has 0 atom stereocenters. The Balaban J connectivity index is 0. The third-order valence-corrected chi connectivity index (χ3v) is 1.22. The quantitative estimate of drug-likeness (QED) is 0.401. The Labute approximate surface area is 94.7 Å². The molecule has 1 aromatic carbocycles. The summed E-state index contributed by atoms with van der Waals surface area (Å²) in [6.45, 7) is 0. The molecule has 0 bridgehead atoms.